The zero-order chi connectivity index (χ0) is 16.4. The Bertz CT molecular complexity index is 818. The molecule has 4 rings (SSSR count). The van der Waals surface area contributed by atoms with Gasteiger partial charge in [-0.2, -0.15) is 0 Å². The van der Waals surface area contributed by atoms with Crippen molar-refractivity contribution < 1.29 is 9.32 Å². The minimum atomic E-state index is -0.258. The van der Waals surface area contributed by atoms with Crippen molar-refractivity contribution in [2.75, 3.05) is 11.9 Å². The molecular weight excluding hydrogens is 326 g/mol. The van der Waals surface area contributed by atoms with Gasteiger partial charge in [0.15, 0.2) is 5.01 Å². The Balaban J connectivity index is 1.40. The van der Waals surface area contributed by atoms with Crippen LogP contribution in [0, 0.1) is 0 Å². The average molecular weight is 341 g/mol. The monoisotopic (exact) mass is 341 g/mol. The standard InChI is InChI=1S/C16H15N5O2S/c22-15-13(6-8-21(15)10-11-4-2-1-3-5-11)17-16-19-18-14(24-16)12-7-9-23-20-12/h1-5,7,9,13H,6,8,10H2,(H,17,19). The minimum absolute atomic E-state index is 0.0945. The summed E-state index contributed by atoms with van der Waals surface area (Å²) in [5, 5.41) is 16.5. The zero-order valence-corrected chi connectivity index (χ0v) is 13.6. The molecule has 1 unspecified atom stereocenters. The Morgan fingerprint density at radius 2 is 2.12 bits per heavy atom. The number of aromatic nitrogens is 3. The summed E-state index contributed by atoms with van der Waals surface area (Å²) in [6.07, 6.45) is 2.25. The third kappa shape index (κ3) is 3.00. The summed E-state index contributed by atoms with van der Waals surface area (Å²) >= 11 is 1.36. The Morgan fingerprint density at radius 3 is 2.92 bits per heavy atom. The van der Waals surface area contributed by atoms with Crippen LogP contribution in [0.25, 0.3) is 10.7 Å². The number of nitrogens with zero attached hydrogens (tertiary/aromatic N) is 4. The molecule has 122 valence electrons. The number of likely N-dealkylation sites (tertiary alicyclic amines) is 1. The molecule has 2 aromatic heterocycles. The van der Waals surface area contributed by atoms with Crippen molar-refractivity contribution in [3.63, 3.8) is 0 Å². The van der Waals surface area contributed by atoms with E-state index in [9.17, 15) is 4.79 Å². The van der Waals surface area contributed by atoms with Gasteiger partial charge in [0, 0.05) is 19.2 Å². The number of carbonyl (C=O) groups excluding carboxylic acids is 1. The van der Waals surface area contributed by atoms with Crippen LogP contribution < -0.4 is 5.32 Å². The lowest BCUT2D eigenvalue weighted by molar-refractivity contribution is -0.128. The highest BCUT2D eigenvalue weighted by atomic mass is 32.1. The Morgan fingerprint density at radius 1 is 1.25 bits per heavy atom. The van der Waals surface area contributed by atoms with Crippen LogP contribution in [0.5, 0.6) is 0 Å². The molecule has 3 aromatic rings. The second-order valence-electron chi connectivity index (χ2n) is 5.53. The molecule has 1 fully saturated rings. The number of anilines is 1. The van der Waals surface area contributed by atoms with E-state index in [1.165, 1.54) is 17.6 Å². The number of nitrogens with one attached hydrogen (secondary N) is 1. The number of benzene rings is 1. The first kappa shape index (κ1) is 14.8. The fraction of sp³-hybridized carbons (Fsp3) is 0.250. The Hall–Kier alpha value is -2.74. The molecule has 0 aliphatic carbocycles. The first-order valence-electron chi connectivity index (χ1n) is 7.63. The second kappa shape index (κ2) is 6.40. The van der Waals surface area contributed by atoms with Crippen LogP contribution in [0.1, 0.15) is 12.0 Å². The molecule has 1 saturated heterocycles. The van der Waals surface area contributed by atoms with E-state index in [-0.39, 0.29) is 11.9 Å². The normalized spacial score (nSPS) is 17.4. The van der Waals surface area contributed by atoms with E-state index in [1.54, 1.807) is 6.07 Å². The van der Waals surface area contributed by atoms with Crippen molar-refractivity contribution in [1.82, 2.24) is 20.3 Å². The molecule has 8 heteroatoms. The van der Waals surface area contributed by atoms with Crippen LogP contribution in [0.4, 0.5) is 5.13 Å². The van der Waals surface area contributed by atoms with E-state index in [1.807, 2.05) is 35.2 Å². The highest BCUT2D eigenvalue weighted by molar-refractivity contribution is 7.18. The number of hydrogen-bond donors (Lipinski definition) is 1. The van der Waals surface area contributed by atoms with Crippen molar-refractivity contribution in [3.8, 4) is 10.7 Å². The van der Waals surface area contributed by atoms with Gasteiger partial charge in [0.05, 0.1) is 0 Å². The molecule has 7 nitrogen and oxygen atoms in total. The Labute approximate surface area is 142 Å². The smallest absolute Gasteiger partial charge is 0.245 e. The largest absolute Gasteiger partial charge is 0.364 e. The van der Waals surface area contributed by atoms with E-state index < -0.39 is 0 Å². The lowest BCUT2D eigenvalue weighted by Gasteiger charge is -2.16. The van der Waals surface area contributed by atoms with E-state index in [2.05, 4.69) is 20.7 Å². The summed E-state index contributed by atoms with van der Waals surface area (Å²) in [6, 6.07) is 11.5. The molecule has 1 atom stereocenters. The van der Waals surface area contributed by atoms with Crippen molar-refractivity contribution in [1.29, 1.82) is 0 Å². The molecule has 1 amide bonds. The van der Waals surface area contributed by atoms with Crippen LogP contribution in [0.2, 0.25) is 0 Å². The third-order valence-corrected chi connectivity index (χ3v) is 4.77. The maximum Gasteiger partial charge on any atom is 0.245 e. The van der Waals surface area contributed by atoms with Crippen LogP contribution in [-0.4, -0.2) is 38.7 Å². The lowest BCUT2D eigenvalue weighted by atomic mass is 10.2. The predicted octanol–water partition coefficient (Wildman–Crippen LogP) is 2.41. The molecule has 0 spiro atoms. The maximum atomic E-state index is 12.5. The number of carbonyl (C=O) groups is 1. The van der Waals surface area contributed by atoms with Crippen molar-refractivity contribution in [3.05, 3.63) is 48.2 Å². The summed E-state index contributed by atoms with van der Waals surface area (Å²) in [5.74, 6) is 0.0945. The van der Waals surface area contributed by atoms with E-state index in [0.717, 1.165) is 18.5 Å². The van der Waals surface area contributed by atoms with Gasteiger partial charge in [-0.15, -0.1) is 10.2 Å². The summed E-state index contributed by atoms with van der Waals surface area (Å²) < 4.78 is 4.81. The fourth-order valence-corrected chi connectivity index (χ4v) is 3.45. The SMILES string of the molecule is O=C1C(Nc2nnc(-c3ccon3)s2)CCN1Cc1ccccc1. The molecule has 24 heavy (non-hydrogen) atoms. The van der Waals surface area contributed by atoms with Gasteiger partial charge in [-0.3, -0.25) is 4.79 Å². The van der Waals surface area contributed by atoms with Gasteiger partial charge in [-0.25, -0.2) is 0 Å². The fourth-order valence-electron chi connectivity index (χ4n) is 2.69. The van der Waals surface area contributed by atoms with Gasteiger partial charge in [0.25, 0.3) is 0 Å². The second-order valence-corrected chi connectivity index (χ2v) is 6.51. The number of amides is 1. The highest BCUT2D eigenvalue weighted by Gasteiger charge is 2.32. The first-order chi connectivity index (χ1) is 11.8. The molecule has 1 aromatic carbocycles. The van der Waals surface area contributed by atoms with Crippen LogP contribution in [0.15, 0.2) is 47.2 Å². The molecule has 3 heterocycles. The minimum Gasteiger partial charge on any atom is -0.364 e. The summed E-state index contributed by atoms with van der Waals surface area (Å²) in [5.41, 5.74) is 1.78. The molecule has 0 saturated carbocycles. The molecule has 1 aliphatic rings. The molecule has 0 radical (unpaired) electrons. The van der Waals surface area contributed by atoms with E-state index >= 15 is 0 Å². The van der Waals surface area contributed by atoms with E-state index in [4.69, 9.17) is 4.52 Å². The van der Waals surface area contributed by atoms with Crippen LogP contribution in [-0.2, 0) is 11.3 Å². The predicted molar refractivity (Wildman–Crippen MR) is 89.3 cm³/mol. The maximum absolute atomic E-state index is 12.5. The molecule has 0 bridgehead atoms. The van der Waals surface area contributed by atoms with Gasteiger partial charge in [0.1, 0.15) is 18.0 Å². The first-order valence-corrected chi connectivity index (χ1v) is 8.45. The summed E-state index contributed by atoms with van der Waals surface area (Å²) in [7, 11) is 0. The van der Waals surface area contributed by atoms with E-state index in [0.29, 0.717) is 22.4 Å². The van der Waals surface area contributed by atoms with Crippen molar-refractivity contribution >= 4 is 22.4 Å². The van der Waals surface area contributed by atoms with Gasteiger partial charge in [-0.05, 0) is 12.0 Å². The molecular formula is C16H15N5O2S. The average Bonchev–Trinajstić information content (AvgIpc) is 3.33. The quantitative estimate of drug-likeness (QED) is 0.767. The molecule has 1 N–H and O–H groups in total. The summed E-state index contributed by atoms with van der Waals surface area (Å²) in [4.78, 5) is 14.4. The van der Waals surface area contributed by atoms with Gasteiger partial charge < -0.3 is 14.7 Å². The van der Waals surface area contributed by atoms with Gasteiger partial charge in [0.2, 0.25) is 11.0 Å². The van der Waals surface area contributed by atoms with Crippen LogP contribution in [0.3, 0.4) is 0 Å². The van der Waals surface area contributed by atoms with Crippen molar-refractivity contribution in [2.45, 2.75) is 19.0 Å². The number of rotatable bonds is 5. The highest BCUT2D eigenvalue weighted by Crippen LogP contribution is 2.27. The Kier molecular flexibility index (Phi) is 3.96. The number of hydrogen-bond acceptors (Lipinski definition) is 7. The topological polar surface area (TPSA) is 84.2 Å². The van der Waals surface area contributed by atoms with Gasteiger partial charge in [-0.1, -0.05) is 46.8 Å². The van der Waals surface area contributed by atoms with Crippen molar-refractivity contribution in [2.24, 2.45) is 0 Å². The van der Waals surface area contributed by atoms with Gasteiger partial charge >= 0.3 is 0 Å². The third-order valence-electron chi connectivity index (χ3n) is 3.89. The lowest BCUT2D eigenvalue weighted by Crippen LogP contribution is -2.33. The zero-order valence-electron chi connectivity index (χ0n) is 12.8. The summed E-state index contributed by atoms with van der Waals surface area (Å²) in [6.45, 7) is 1.37. The van der Waals surface area contributed by atoms with Crippen LogP contribution >= 0.6 is 11.3 Å². The molecule has 1 aliphatic heterocycles.